The molecule has 2 saturated heterocycles. The van der Waals surface area contributed by atoms with Gasteiger partial charge in [0.2, 0.25) is 11.9 Å². The highest BCUT2D eigenvalue weighted by Crippen LogP contribution is 2.36. The topological polar surface area (TPSA) is 91.8 Å². The number of hydrogen-bond donors (Lipinski definition) is 2. The van der Waals surface area contributed by atoms with Crippen molar-refractivity contribution in [3.63, 3.8) is 0 Å². The predicted molar refractivity (Wildman–Crippen MR) is 105 cm³/mol. The van der Waals surface area contributed by atoms with Crippen LogP contribution in [0.5, 0.6) is 0 Å². The third-order valence-electron chi connectivity index (χ3n) is 5.50. The van der Waals surface area contributed by atoms with Gasteiger partial charge in [0.1, 0.15) is 18.0 Å². The molecule has 0 spiro atoms. The lowest BCUT2D eigenvalue weighted by molar-refractivity contribution is 0.108. The number of nitrogens with zero attached hydrogens (tertiary/aromatic N) is 5. The summed E-state index contributed by atoms with van der Waals surface area (Å²) in [6.45, 7) is 1.44. The van der Waals surface area contributed by atoms with Gasteiger partial charge in [-0.25, -0.2) is 18.7 Å². The summed E-state index contributed by atoms with van der Waals surface area (Å²) in [6.07, 6.45) is 5.05. The van der Waals surface area contributed by atoms with Gasteiger partial charge in [-0.2, -0.15) is 10.1 Å². The highest BCUT2D eigenvalue weighted by molar-refractivity contribution is 5.50. The zero-order chi connectivity index (χ0) is 20.5. The fraction of sp³-hybridized carbons (Fsp3) is 0.400. The number of aromatic amines is 1. The van der Waals surface area contributed by atoms with E-state index in [-0.39, 0.29) is 12.1 Å². The third kappa shape index (κ3) is 3.70. The highest BCUT2D eigenvalue weighted by atomic mass is 19.1. The molecular weight excluding hydrogens is 392 g/mol. The smallest absolute Gasteiger partial charge is 0.233 e. The Bertz CT molecular complexity index is 1040. The van der Waals surface area contributed by atoms with Gasteiger partial charge in [-0.3, -0.25) is 5.10 Å². The number of rotatable bonds is 5. The summed E-state index contributed by atoms with van der Waals surface area (Å²) in [6, 6.07) is 5.31. The Morgan fingerprint density at radius 3 is 2.90 bits per heavy atom. The largest absolute Gasteiger partial charge is 0.372 e. The standard InChI is InChI=1S/C20H21F2N7O/c21-12-5-6-13(14(22)9-12)16-3-1-7-29(16)20-24-11-23-19(26-20)25-18-10-15(27-28-18)17-4-2-8-30-17/h5-6,9-11,16-17H,1-4,7-8H2,(H2,23,24,25,26,27,28). The Morgan fingerprint density at radius 2 is 2.07 bits per heavy atom. The molecule has 3 aromatic rings. The van der Waals surface area contributed by atoms with Crippen LogP contribution in [0.15, 0.2) is 30.6 Å². The predicted octanol–water partition coefficient (Wildman–Crippen LogP) is 3.81. The molecule has 5 rings (SSSR count). The Morgan fingerprint density at radius 1 is 1.13 bits per heavy atom. The first kappa shape index (κ1) is 18.9. The van der Waals surface area contributed by atoms with Crippen LogP contribution in [0.2, 0.25) is 0 Å². The number of ether oxygens (including phenoxy) is 1. The minimum absolute atomic E-state index is 0.0398. The Balaban J connectivity index is 1.35. The number of aromatic nitrogens is 5. The van der Waals surface area contributed by atoms with E-state index in [1.807, 2.05) is 11.0 Å². The molecule has 2 aliphatic rings. The van der Waals surface area contributed by atoms with E-state index in [2.05, 4.69) is 30.5 Å². The molecule has 2 fully saturated rings. The molecule has 2 aliphatic heterocycles. The molecule has 0 aliphatic carbocycles. The Labute approximate surface area is 171 Å². The van der Waals surface area contributed by atoms with Gasteiger partial charge >= 0.3 is 0 Å². The summed E-state index contributed by atoms with van der Waals surface area (Å²) in [5.41, 5.74) is 1.35. The molecule has 8 nitrogen and oxygen atoms in total. The molecule has 30 heavy (non-hydrogen) atoms. The van der Waals surface area contributed by atoms with Crippen molar-refractivity contribution in [1.29, 1.82) is 0 Å². The van der Waals surface area contributed by atoms with Gasteiger partial charge in [-0.1, -0.05) is 6.07 Å². The van der Waals surface area contributed by atoms with Gasteiger partial charge in [-0.15, -0.1) is 0 Å². The van der Waals surface area contributed by atoms with Crippen molar-refractivity contribution in [2.45, 2.75) is 37.8 Å². The number of H-pyrrole nitrogens is 1. The average Bonchev–Trinajstić information content (AvgIpc) is 3.50. The Hall–Kier alpha value is -3.14. The van der Waals surface area contributed by atoms with E-state index in [1.54, 1.807) is 0 Å². The maximum Gasteiger partial charge on any atom is 0.233 e. The van der Waals surface area contributed by atoms with Crippen molar-refractivity contribution in [2.75, 3.05) is 23.4 Å². The summed E-state index contributed by atoms with van der Waals surface area (Å²) in [5, 5.41) is 10.3. The zero-order valence-corrected chi connectivity index (χ0v) is 16.2. The van der Waals surface area contributed by atoms with Crippen LogP contribution < -0.4 is 10.2 Å². The second kappa shape index (κ2) is 7.94. The molecule has 0 radical (unpaired) electrons. The van der Waals surface area contributed by atoms with Crippen molar-refractivity contribution < 1.29 is 13.5 Å². The quantitative estimate of drug-likeness (QED) is 0.657. The van der Waals surface area contributed by atoms with Crippen molar-refractivity contribution >= 4 is 17.7 Å². The van der Waals surface area contributed by atoms with Gasteiger partial charge in [0.15, 0.2) is 5.82 Å². The molecule has 2 N–H and O–H groups in total. The van der Waals surface area contributed by atoms with Crippen LogP contribution in [-0.2, 0) is 4.74 Å². The zero-order valence-electron chi connectivity index (χ0n) is 16.2. The number of nitrogens with one attached hydrogen (secondary N) is 2. The first-order chi connectivity index (χ1) is 14.7. The van der Waals surface area contributed by atoms with Crippen LogP contribution in [0.3, 0.4) is 0 Å². The van der Waals surface area contributed by atoms with Crippen molar-refractivity contribution in [2.24, 2.45) is 0 Å². The number of benzene rings is 1. The van der Waals surface area contributed by atoms with E-state index in [1.165, 1.54) is 18.5 Å². The van der Waals surface area contributed by atoms with Crippen LogP contribution in [0.1, 0.15) is 49.1 Å². The summed E-state index contributed by atoms with van der Waals surface area (Å²) in [7, 11) is 0. The van der Waals surface area contributed by atoms with E-state index in [9.17, 15) is 8.78 Å². The Kier molecular flexibility index (Phi) is 4.99. The van der Waals surface area contributed by atoms with Crippen LogP contribution in [0, 0.1) is 11.6 Å². The lowest BCUT2D eigenvalue weighted by Crippen LogP contribution is -2.25. The average molecular weight is 413 g/mol. The van der Waals surface area contributed by atoms with E-state index in [4.69, 9.17) is 4.74 Å². The third-order valence-corrected chi connectivity index (χ3v) is 5.50. The molecule has 156 valence electrons. The molecule has 0 saturated carbocycles. The summed E-state index contributed by atoms with van der Waals surface area (Å²) in [4.78, 5) is 14.9. The molecule has 2 unspecified atom stereocenters. The molecule has 2 aromatic heterocycles. The van der Waals surface area contributed by atoms with Crippen LogP contribution >= 0.6 is 0 Å². The van der Waals surface area contributed by atoms with Crippen LogP contribution in [-0.4, -0.2) is 38.3 Å². The molecular formula is C20H21F2N7O. The number of anilines is 3. The SMILES string of the molecule is Fc1ccc(C2CCCN2c2ncnc(Nc3cc(C4CCCO4)[nH]n3)n2)c(F)c1. The van der Waals surface area contributed by atoms with Crippen LogP contribution in [0.25, 0.3) is 0 Å². The molecule has 0 bridgehead atoms. The van der Waals surface area contributed by atoms with Gasteiger partial charge in [0.25, 0.3) is 0 Å². The first-order valence-corrected chi connectivity index (χ1v) is 10.0. The van der Waals surface area contributed by atoms with Crippen molar-refractivity contribution in [3.05, 3.63) is 53.5 Å². The molecule has 1 aromatic carbocycles. The monoisotopic (exact) mass is 413 g/mol. The van der Waals surface area contributed by atoms with E-state index < -0.39 is 11.6 Å². The molecule has 10 heteroatoms. The van der Waals surface area contributed by atoms with Gasteiger partial charge in [0.05, 0.1) is 17.8 Å². The van der Waals surface area contributed by atoms with Gasteiger partial charge in [-0.05, 0) is 31.7 Å². The van der Waals surface area contributed by atoms with Gasteiger partial charge < -0.3 is 15.0 Å². The van der Waals surface area contributed by atoms with E-state index in [0.717, 1.165) is 44.1 Å². The minimum atomic E-state index is -0.589. The van der Waals surface area contributed by atoms with Crippen LogP contribution in [0.4, 0.5) is 26.5 Å². The minimum Gasteiger partial charge on any atom is -0.372 e. The van der Waals surface area contributed by atoms with E-state index >= 15 is 0 Å². The maximum absolute atomic E-state index is 14.3. The lowest BCUT2D eigenvalue weighted by atomic mass is 10.0. The van der Waals surface area contributed by atoms with Gasteiger partial charge in [0, 0.05) is 30.8 Å². The summed E-state index contributed by atoms with van der Waals surface area (Å²) in [5.74, 6) is 0.218. The molecule has 0 amide bonds. The summed E-state index contributed by atoms with van der Waals surface area (Å²) < 4.78 is 33.3. The second-order valence-corrected chi connectivity index (χ2v) is 7.46. The highest BCUT2D eigenvalue weighted by Gasteiger charge is 2.30. The fourth-order valence-electron chi connectivity index (χ4n) is 4.09. The number of halogens is 2. The second-order valence-electron chi connectivity index (χ2n) is 7.46. The van der Waals surface area contributed by atoms with E-state index in [0.29, 0.717) is 29.8 Å². The molecule has 2 atom stereocenters. The molecule has 4 heterocycles. The fourth-order valence-corrected chi connectivity index (χ4v) is 4.09. The first-order valence-electron chi connectivity index (χ1n) is 10.0. The van der Waals surface area contributed by atoms with Crippen molar-refractivity contribution in [3.8, 4) is 0 Å². The normalized spacial score (nSPS) is 21.3. The maximum atomic E-state index is 14.3. The van der Waals surface area contributed by atoms with Crippen molar-refractivity contribution in [1.82, 2.24) is 25.1 Å². The lowest BCUT2D eigenvalue weighted by Gasteiger charge is -2.25. The summed E-state index contributed by atoms with van der Waals surface area (Å²) >= 11 is 0. The number of hydrogen-bond acceptors (Lipinski definition) is 7.